The first kappa shape index (κ1) is 21.5. The first-order chi connectivity index (χ1) is 14.0. The molecule has 0 radical (unpaired) electrons. The smallest absolute Gasteiger partial charge is 0.308 e. The SMILES string of the molecule is O=C1NC(c2cccc(C(F)(F)F)c2)=NC12CCN(S(=O)(=O)c1ccc(Br)s1)CC2. The van der Waals surface area contributed by atoms with Gasteiger partial charge in [-0.2, -0.15) is 17.5 Å². The number of nitrogens with one attached hydrogen (secondary N) is 1. The van der Waals surface area contributed by atoms with E-state index in [1.165, 1.54) is 22.5 Å². The molecule has 30 heavy (non-hydrogen) atoms. The molecule has 1 saturated heterocycles. The van der Waals surface area contributed by atoms with E-state index < -0.39 is 33.2 Å². The molecular formula is C18H15BrF3N3O3S2. The molecule has 6 nitrogen and oxygen atoms in total. The van der Waals surface area contributed by atoms with E-state index in [0.717, 1.165) is 23.5 Å². The number of sulfonamides is 1. The Labute approximate surface area is 183 Å². The highest BCUT2D eigenvalue weighted by atomic mass is 79.9. The van der Waals surface area contributed by atoms with Crippen molar-refractivity contribution in [2.75, 3.05) is 13.1 Å². The molecule has 2 aliphatic heterocycles. The van der Waals surface area contributed by atoms with Crippen molar-refractivity contribution in [1.29, 1.82) is 0 Å². The number of amidine groups is 1. The minimum absolute atomic E-state index is 0.0737. The number of carbonyl (C=O) groups is 1. The van der Waals surface area contributed by atoms with Gasteiger partial charge >= 0.3 is 6.18 Å². The Morgan fingerprint density at radius 1 is 1.17 bits per heavy atom. The standard InChI is InChI=1S/C18H15BrF3N3O3S2/c19-13-4-5-14(29-13)30(27,28)25-8-6-17(7-9-25)16(26)23-15(24-17)11-2-1-3-12(10-11)18(20,21)22/h1-5,10H,6-9H2,(H,23,24,26). The van der Waals surface area contributed by atoms with Crippen molar-refractivity contribution in [3.63, 3.8) is 0 Å². The second kappa shape index (κ2) is 7.43. The van der Waals surface area contributed by atoms with Crippen molar-refractivity contribution in [1.82, 2.24) is 9.62 Å². The average Bonchev–Trinajstić information content (AvgIpc) is 3.26. The predicted molar refractivity (Wildman–Crippen MR) is 109 cm³/mol. The minimum atomic E-state index is -4.51. The summed E-state index contributed by atoms with van der Waals surface area (Å²) in [4.78, 5) is 17.0. The molecule has 1 aromatic heterocycles. The molecule has 2 aromatic rings. The van der Waals surface area contributed by atoms with Crippen LogP contribution in [0.4, 0.5) is 13.2 Å². The van der Waals surface area contributed by atoms with Crippen molar-refractivity contribution in [3.8, 4) is 0 Å². The van der Waals surface area contributed by atoms with E-state index in [0.29, 0.717) is 3.79 Å². The van der Waals surface area contributed by atoms with Crippen LogP contribution >= 0.6 is 27.3 Å². The molecule has 1 amide bonds. The number of aliphatic imine (C=N–C) groups is 1. The van der Waals surface area contributed by atoms with Gasteiger partial charge in [-0.3, -0.25) is 9.79 Å². The molecule has 4 rings (SSSR count). The lowest BCUT2D eigenvalue weighted by Crippen LogP contribution is -2.50. The topological polar surface area (TPSA) is 78.8 Å². The Balaban J connectivity index is 1.55. The third-order valence-corrected chi connectivity index (χ3v) is 9.13. The zero-order chi connectivity index (χ0) is 21.7. The number of carbonyl (C=O) groups excluding carboxylic acids is 1. The summed E-state index contributed by atoms with van der Waals surface area (Å²) in [6.07, 6.45) is -4.21. The van der Waals surface area contributed by atoms with Crippen LogP contribution < -0.4 is 5.32 Å². The molecule has 0 unspecified atom stereocenters. The quantitative estimate of drug-likeness (QED) is 0.669. The number of amides is 1. The summed E-state index contributed by atoms with van der Waals surface area (Å²) in [7, 11) is -3.68. The van der Waals surface area contributed by atoms with Crippen LogP contribution in [0.3, 0.4) is 0 Å². The number of rotatable bonds is 3. The van der Waals surface area contributed by atoms with Crippen molar-refractivity contribution in [2.24, 2.45) is 4.99 Å². The van der Waals surface area contributed by atoms with Crippen molar-refractivity contribution < 1.29 is 26.4 Å². The van der Waals surface area contributed by atoms with Crippen molar-refractivity contribution in [3.05, 3.63) is 51.3 Å². The van der Waals surface area contributed by atoms with E-state index in [-0.39, 0.29) is 41.5 Å². The van der Waals surface area contributed by atoms with Gasteiger partial charge in [-0.05, 0) is 53.0 Å². The number of alkyl halides is 3. The summed E-state index contributed by atoms with van der Waals surface area (Å²) in [5, 5.41) is 2.57. The van der Waals surface area contributed by atoms with Gasteiger partial charge < -0.3 is 5.32 Å². The van der Waals surface area contributed by atoms with Crippen LogP contribution in [0.5, 0.6) is 0 Å². The lowest BCUT2D eigenvalue weighted by Gasteiger charge is -2.34. The number of nitrogens with zero attached hydrogens (tertiary/aromatic N) is 2. The Morgan fingerprint density at radius 3 is 2.47 bits per heavy atom. The number of benzene rings is 1. The number of halogens is 4. The van der Waals surface area contributed by atoms with E-state index in [9.17, 15) is 26.4 Å². The molecule has 0 saturated carbocycles. The van der Waals surface area contributed by atoms with Gasteiger partial charge in [-0.1, -0.05) is 12.1 Å². The van der Waals surface area contributed by atoms with Gasteiger partial charge in [-0.25, -0.2) is 8.42 Å². The second-order valence-electron chi connectivity index (χ2n) is 6.99. The van der Waals surface area contributed by atoms with E-state index in [4.69, 9.17) is 0 Å². The average molecular weight is 522 g/mol. The molecule has 1 N–H and O–H groups in total. The molecule has 1 fully saturated rings. The van der Waals surface area contributed by atoms with Gasteiger partial charge in [0.1, 0.15) is 15.6 Å². The Bertz CT molecular complexity index is 1140. The first-order valence-electron chi connectivity index (χ1n) is 8.86. The highest BCUT2D eigenvalue weighted by Gasteiger charge is 2.48. The van der Waals surface area contributed by atoms with Gasteiger partial charge in [-0.15, -0.1) is 11.3 Å². The van der Waals surface area contributed by atoms with Crippen LogP contribution in [0.15, 0.2) is 49.4 Å². The Hall–Kier alpha value is -1.76. The molecule has 1 spiro atoms. The normalized spacial score (nSPS) is 19.7. The van der Waals surface area contributed by atoms with Crippen LogP contribution in [0.2, 0.25) is 0 Å². The molecule has 2 aliphatic rings. The molecule has 0 atom stereocenters. The van der Waals surface area contributed by atoms with Gasteiger partial charge in [0.25, 0.3) is 15.9 Å². The van der Waals surface area contributed by atoms with Gasteiger partial charge in [0.15, 0.2) is 0 Å². The largest absolute Gasteiger partial charge is 0.416 e. The fourth-order valence-corrected chi connectivity index (χ4v) is 7.10. The van der Waals surface area contributed by atoms with E-state index >= 15 is 0 Å². The summed E-state index contributed by atoms with van der Waals surface area (Å²) < 4.78 is 66.7. The summed E-state index contributed by atoms with van der Waals surface area (Å²) >= 11 is 4.35. The van der Waals surface area contributed by atoms with Crippen LogP contribution in [-0.2, 0) is 21.0 Å². The van der Waals surface area contributed by atoms with Crippen LogP contribution in [0, 0.1) is 0 Å². The lowest BCUT2D eigenvalue weighted by atomic mass is 9.89. The third-order valence-electron chi connectivity index (χ3n) is 5.14. The van der Waals surface area contributed by atoms with E-state index in [1.54, 1.807) is 6.07 Å². The zero-order valence-electron chi connectivity index (χ0n) is 15.2. The highest BCUT2D eigenvalue weighted by molar-refractivity contribution is 9.11. The molecule has 0 aliphatic carbocycles. The molecule has 12 heteroatoms. The molecule has 0 bridgehead atoms. The number of thiophene rings is 1. The third kappa shape index (κ3) is 3.81. The highest BCUT2D eigenvalue weighted by Crippen LogP contribution is 2.36. The number of hydrogen-bond acceptors (Lipinski definition) is 5. The van der Waals surface area contributed by atoms with Gasteiger partial charge in [0, 0.05) is 18.7 Å². The van der Waals surface area contributed by atoms with E-state index in [1.807, 2.05) is 0 Å². The molecule has 3 heterocycles. The maximum atomic E-state index is 13.0. The summed E-state index contributed by atoms with van der Waals surface area (Å²) in [6.45, 7) is 0.176. The maximum Gasteiger partial charge on any atom is 0.416 e. The molecular weight excluding hydrogens is 507 g/mol. The number of hydrogen-bond donors (Lipinski definition) is 1. The summed E-state index contributed by atoms with van der Waals surface area (Å²) in [5.74, 6) is -0.351. The summed E-state index contributed by atoms with van der Waals surface area (Å²) in [5.41, 5.74) is -1.85. The zero-order valence-corrected chi connectivity index (χ0v) is 18.5. The Kier molecular flexibility index (Phi) is 5.32. The van der Waals surface area contributed by atoms with Crippen LogP contribution in [0.1, 0.15) is 24.0 Å². The van der Waals surface area contributed by atoms with Gasteiger partial charge in [0.2, 0.25) is 0 Å². The van der Waals surface area contributed by atoms with Crippen molar-refractivity contribution >= 4 is 49.0 Å². The Morgan fingerprint density at radius 2 is 1.87 bits per heavy atom. The van der Waals surface area contributed by atoms with Crippen LogP contribution in [-0.4, -0.2) is 43.1 Å². The van der Waals surface area contributed by atoms with Gasteiger partial charge in [0.05, 0.1) is 9.35 Å². The predicted octanol–water partition coefficient (Wildman–Crippen LogP) is 3.63. The monoisotopic (exact) mass is 521 g/mol. The fraction of sp³-hybridized carbons (Fsp3) is 0.333. The first-order valence-corrected chi connectivity index (χ1v) is 11.9. The second-order valence-corrected chi connectivity index (χ2v) is 11.6. The maximum absolute atomic E-state index is 13.0. The molecule has 160 valence electrons. The summed E-state index contributed by atoms with van der Waals surface area (Å²) in [6, 6.07) is 7.75. The molecule has 1 aromatic carbocycles. The lowest BCUT2D eigenvalue weighted by molar-refractivity contribution is -0.137. The number of piperidine rings is 1. The fourth-order valence-electron chi connectivity index (χ4n) is 3.50. The van der Waals surface area contributed by atoms with Crippen molar-refractivity contribution in [2.45, 2.75) is 28.8 Å². The van der Waals surface area contributed by atoms with E-state index in [2.05, 4.69) is 26.2 Å². The minimum Gasteiger partial charge on any atom is -0.308 e. The van der Waals surface area contributed by atoms with Crippen LogP contribution in [0.25, 0.3) is 0 Å².